The molecule has 0 radical (unpaired) electrons. The Morgan fingerprint density at radius 1 is 1.03 bits per heavy atom. The minimum absolute atomic E-state index is 0.0188. The summed E-state index contributed by atoms with van der Waals surface area (Å²) in [5.74, 6) is 0.537. The van der Waals surface area contributed by atoms with Crippen LogP contribution < -0.4 is 5.32 Å². The number of hydrogen-bond donors (Lipinski definition) is 1. The summed E-state index contributed by atoms with van der Waals surface area (Å²) in [7, 11) is 0. The van der Waals surface area contributed by atoms with E-state index in [-0.39, 0.29) is 17.7 Å². The Hall–Kier alpha value is -2.25. The van der Waals surface area contributed by atoms with E-state index >= 15 is 0 Å². The van der Waals surface area contributed by atoms with Crippen molar-refractivity contribution in [3.63, 3.8) is 0 Å². The Morgan fingerprint density at radius 2 is 1.69 bits per heavy atom. The molecule has 190 valence electrons. The molecule has 1 aromatic carbocycles. The molecule has 4 rings (SSSR count). The molecule has 0 spiro atoms. The largest absolute Gasteiger partial charge is 0.355 e. The maximum atomic E-state index is 13.3. The quantitative estimate of drug-likeness (QED) is 0.592. The van der Waals surface area contributed by atoms with Crippen LogP contribution in [-0.4, -0.2) is 65.9 Å². The lowest BCUT2D eigenvalue weighted by molar-refractivity contribution is -0.126. The zero-order valence-electron chi connectivity index (χ0n) is 21.5. The Labute approximate surface area is 214 Å². The minimum Gasteiger partial charge on any atom is -0.355 e. The van der Waals surface area contributed by atoms with E-state index in [0.717, 1.165) is 60.2 Å². The van der Waals surface area contributed by atoms with Crippen LogP contribution in [0.15, 0.2) is 24.3 Å². The summed E-state index contributed by atoms with van der Waals surface area (Å²) >= 11 is 1.48. The second-order valence-electron chi connectivity index (χ2n) is 10.3. The third kappa shape index (κ3) is 6.70. The molecule has 1 N–H and O–H groups in total. The van der Waals surface area contributed by atoms with Gasteiger partial charge in [-0.1, -0.05) is 49.6 Å². The first-order valence-electron chi connectivity index (χ1n) is 13.3. The van der Waals surface area contributed by atoms with Gasteiger partial charge in [0.2, 0.25) is 5.91 Å². The number of likely N-dealkylation sites (tertiary alicyclic amines) is 2. The van der Waals surface area contributed by atoms with Crippen LogP contribution in [-0.2, 0) is 4.79 Å². The van der Waals surface area contributed by atoms with Crippen molar-refractivity contribution in [3.05, 3.63) is 40.4 Å². The highest BCUT2D eigenvalue weighted by molar-refractivity contribution is 7.17. The number of nitrogens with zero attached hydrogens (tertiary/aromatic N) is 3. The Balaban J connectivity index is 1.25. The van der Waals surface area contributed by atoms with Gasteiger partial charge >= 0.3 is 0 Å². The van der Waals surface area contributed by atoms with Crippen molar-refractivity contribution in [1.82, 2.24) is 20.1 Å². The van der Waals surface area contributed by atoms with E-state index in [2.05, 4.69) is 46.4 Å². The third-order valence-corrected chi connectivity index (χ3v) is 8.86. The molecule has 1 aromatic heterocycles. The van der Waals surface area contributed by atoms with Gasteiger partial charge in [0, 0.05) is 37.7 Å². The number of thiazole rings is 1. The van der Waals surface area contributed by atoms with E-state index in [1.54, 1.807) is 0 Å². The summed E-state index contributed by atoms with van der Waals surface area (Å²) in [6.07, 6.45) is 6.95. The van der Waals surface area contributed by atoms with Crippen molar-refractivity contribution in [3.8, 4) is 10.6 Å². The summed E-state index contributed by atoms with van der Waals surface area (Å²) in [5.41, 5.74) is 3.06. The highest BCUT2D eigenvalue weighted by Gasteiger charge is 2.31. The molecule has 2 aromatic rings. The SMILES string of the molecule is Cc1ccc(-c2nc(C)c(C(=O)N3CCC(C(C)C(=O)NCCN4CCCCCC4)CC3)s2)cc1. The molecule has 35 heavy (non-hydrogen) atoms. The Bertz CT molecular complexity index is 987. The lowest BCUT2D eigenvalue weighted by Gasteiger charge is -2.34. The van der Waals surface area contributed by atoms with Gasteiger partial charge in [-0.2, -0.15) is 0 Å². The van der Waals surface area contributed by atoms with E-state index in [1.807, 2.05) is 18.7 Å². The first kappa shape index (κ1) is 25.8. The monoisotopic (exact) mass is 496 g/mol. The second-order valence-corrected chi connectivity index (χ2v) is 11.3. The molecule has 3 heterocycles. The molecule has 2 saturated heterocycles. The van der Waals surface area contributed by atoms with E-state index in [1.165, 1.54) is 42.6 Å². The van der Waals surface area contributed by atoms with Crippen LogP contribution in [0.1, 0.15) is 66.4 Å². The summed E-state index contributed by atoms with van der Waals surface area (Å²) in [6.45, 7) is 11.4. The van der Waals surface area contributed by atoms with Crippen LogP contribution in [0.25, 0.3) is 10.6 Å². The van der Waals surface area contributed by atoms with Crippen LogP contribution >= 0.6 is 11.3 Å². The van der Waals surface area contributed by atoms with Crippen molar-refractivity contribution >= 4 is 23.2 Å². The molecule has 2 fully saturated rings. The van der Waals surface area contributed by atoms with Gasteiger partial charge in [0.1, 0.15) is 9.88 Å². The standard InChI is InChI=1S/C28H40N4O2S/c1-20-8-10-24(11-9-20)27-30-22(3)25(35-27)28(34)32-17-12-23(13-18-32)21(2)26(33)29-14-19-31-15-6-4-5-7-16-31/h8-11,21,23H,4-7,12-19H2,1-3H3,(H,29,33). The Morgan fingerprint density at radius 3 is 2.34 bits per heavy atom. The number of piperidine rings is 1. The zero-order valence-corrected chi connectivity index (χ0v) is 22.3. The van der Waals surface area contributed by atoms with Crippen molar-refractivity contribution < 1.29 is 9.59 Å². The number of hydrogen-bond acceptors (Lipinski definition) is 5. The fourth-order valence-corrected chi connectivity index (χ4v) is 6.27. The highest BCUT2D eigenvalue weighted by Crippen LogP contribution is 2.31. The normalized spacial score (nSPS) is 18.8. The molecule has 1 unspecified atom stereocenters. The predicted octanol–water partition coefficient (Wildman–Crippen LogP) is 4.91. The number of carbonyl (C=O) groups excluding carboxylic acids is 2. The van der Waals surface area contributed by atoms with E-state index in [0.29, 0.717) is 19.0 Å². The summed E-state index contributed by atoms with van der Waals surface area (Å²) in [6, 6.07) is 8.27. The van der Waals surface area contributed by atoms with Crippen molar-refractivity contribution in [2.45, 2.75) is 59.3 Å². The molecular weight excluding hydrogens is 456 g/mol. The fourth-order valence-electron chi connectivity index (χ4n) is 5.23. The van der Waals surface area contributed by atoms with E-state index < -0.39 is 0 Å². The lowest BCUT2D eigenvalue weighted by Crippen LogP contribution is -2.43. The molecule has 6 nitrogen and oxygen atoms in total. The minimum atomic E-state index is -0.0188. The molecule has 2 aliphatic heterocycles. The molecule has 2 aliphatic rings. The average Bonchev–Trinajstić information content (AvgIpc) is 3.07. The van der Waals surface area contributed by atoms with Crippen LogP contribution in [0.5, 0.6) is 0 Å². The van der Waals surface area contributed by atoms with Crippen molar-refractivity contribution in [2.75, 3.05) is 39.3 Å². The number of benzene rings is 1. The van der Waals surface area contributed by atoms with Gasteiger partial charge in [0.15, 0.2) is 0 Å². The topological polar surface area (TPSA) is 65.5 Å². The molecular formula is C28H40N4O2S. The van der Waals surface area contributed by atoms with Crippen molar-refractivity contribution in [1.29, 1.82) is 0 Å². The number of amides is 2. The van der Waals surface area contributed by atoms with Crippen LogP contribution in [0, 0.1) is 25.7 Å². The zero-order chi connectivity index (χ0) is 24.8. The lowest BCUT2D eigenvalue weighted by atomic mass is 9.85. The van der Waals surface area contributed by atoms with Crippen molar-refractivity contribution in [2.24, 2.45) is 11.8 Å². The highest BCUT2D eigenvalue weighted by atomic mass is 32.1. The molecule has 7 heteroatoms. The van der Waals surface area contributed by atoms with E-state index in [4.69, 9.17) is 0 Å². The fraction of sp³-hybridized carbons (Fsp3) is 0.607. The molecule has 2 amide bonds. The maximum Gasteiger partial charge on any atom is 0.265 e. The molecule has 0 saturated carbocycles. The predicted molar refractivity (Wildman–Crippen MR) is 143 cm³/mol. The summed E-state index contributed by atoms with van der Waals surface area (Å²) in [4.78, 5) is 35.9. The maximum absolute atomic E-state index is 13.3. The van der Waals surface area contributed by atoms with Gasteiger partial charge in [0.05, 0.1) is 5.69 Å². The second kappa shape index (κ2) is 12.1. The molecule has 1 atom stereocenters. The van der Waals surface area contributed by atoms with Crippen LogP contribution in [0.2, 0.25) is 0 Å². The van der Waals surface area contributed by atoms with Gasteiger partial charge in [-0.15, -0.1) is 11.3 Å². The number of aromatic nitrogens is 1. The van der Waals surface area contributed by atoms with Gasteiger partial charge in [-0.05, 0) is 58.5 Å². The first-order chi connectivity index (χ1) is 16.9. The summed E-state index contributed by atoms with van der Waals surface area (Å²) in [5, 5.41) is 4.06. The van der Waals surface area contributed by atoms with Crippen LogP contribution in [0.3, 0.4) is 0 Å². The molecule has 0 bridgehead atoms. The van der Waals surface area contributed by atoms with Gasteiger partial charge in [-0.25, -0.2) is 4.98 Å². The smallest absolute Gasteiger partial charge is 0.265 e. The average molecular weight is 497 g/mol. The third-order valence-electron chi connectivity index (χ3n) is 7.66. The number of carbonyl (C=O) groups is 2. The Kier molecular flexibility index (Phi) is 8.95. The number of nitrogens with one attached hydrogen (secondary N) is 1. The number of aryl methyl sites for hydroxylation is 2. The molecule has 0 aliphatic carbocycles. The number of rotatable bonds is 7. The summed E-state index contributed by atoms with van der Waals surface area (Å²) < 4.78 is 0. The van der Waals surface area contributed by atoms with Gasteiger partial charge in [0.25, 0.3) is 5.91 Å². The van der Waals surface area contributed by atoms with Gasteiger partial charge < -0.3 is 15.1 Å². The van der Waals surface area contributed by atoms with Crippen LogP contribution in [0.4, 0.5) is 0 Å². The first-order valence-corrected chi connectivity index (χ1v) is 14.1. The van der Waals surface area contributed by atoms with E-state index in [9.17, 15) is 9.59 Å². The van der Waals surface area contributed by atoms with Gasteiger partial charge in [-0.3, -0.25) is 9.59 Å².